The first-order valence-corrected chi connectivity index (χ1v) is 13.5. The minimum absolute atomic E-state index is 0.0273. The van der Waals surface area contributed by atoms with Crippen molar-refractivity contribution >= 4 is 31.5 Å². The van der Waals surface area contributed by atoms with E-state index in [9.17, 15) is 21.6 Å². The number of hydrogen-bond acceptors (Lipinski definition) is 5. The van der Waals surface area contributed by atoms with Crippen LogP contribution in [0, 0.1) is 0 Å². The van der Waals surface area contributed by atoms with E-state index >= 15 is 0 Å². The fourth-order valence-corrected chi connectivity index (χ4v) is 6.94. The molecule has 1 aliphatic heterocycles. The van der Waals surface area contributed by atoms with E-state index in [4.69, 9.17) is 0 Å². The number of hydrogen-bond donors (Lipinski definition) is 0. The smallest absolute Gasteiger partial charge is 0.259 e. The topological polar surface area (TPSA) is 91.8 Å². The summed E-state index contributed by atoms with van der Waals surface area (Å²) in [6, 6.07) is 11.0. The standard InChI is InChI=1S/C22H28N2O5S2/c1-4-15-30(26,27)21-10-8-7-9-19(21)22(25)24-14-13-17-16-18(11-12-20(17)24)31(28,29)23(5-2)6-3/h7-12,16H,4-6,13-15H2,1-3H3. The largest absolute Gasteiger partial charge is 0.308 e. The molecule has 2 aromatic rings. The van der Waals surface area contributed by atoms with E-state index in [1.54, 1.807) is 45.0 Å². The molecule has 0 spiro atoms. The van der Waals surface area contributed by atoms with E-state index < -0.39 is 25.8 Å². The lowest BCUT2D eigenvalue weighted by Crippen LogP contribution is -2.31. The van der Waals surface area contributed by atoms with Crippen molar-refractivity contribution < 1.29 is 21.6 Å². The third-order valence-electron chi connectivity index (χ3n) is 5.46. The fourth-order valence-electron chi connectivity index (χ4n) is 3.90. The second kappa shape index (κ2) is 9.10. The Morgan fingerprint density at radius 2 is 1.68 bits per heavy atom. The van der Waals surface area contributed by atoms with E-state index in [-0.39, 0.29) is 21.1 Å². The Morgan fingerprint density at radius 1 is 1.00 bits per heavy atom. The average molecular weight is 465 g/mol. The lowest BCUT2D eigenvalue weighted by molar-refractivity contribution is 0.0986. The van der Waals surface area contributed by atoms with Gasteiger partial charge in [0.15, 0.2) is 9.84 Å². The molecular weight excluding hydrogens is 436 g/mol. The predicted molar refractivity (Wildman–Crippen MR) is 121 cm³/mol. The highest BCUT2D eigenvalue weighted by Crippen LogP contribution is 2.33. The number of anilines is 1. The molecule has 2 aromatic carbocycles. The maximum atomic E-state index is 13.3. The summed E-state index contributed by atoms with van der Waals surface area (Å²) in [5.41, 5.74) is 1.52. The number of benzene rings is 2. The summed E-state index contributed by atoms with van der Waals surface area (Å²) in [7, 11) is -7.16. The molecule has 0 aliphatic carbocycles. The molecule has 1 aliphatic rings. The average Bonchev–Trinajstić information content (AvgIpc) is 3.17. The van der Waals surface area contributed by atoms with Gasteiger partial charge in [0.25, 0.3) is 5.91 Å². The SMILES string of the molecule is CCCS(=O)(=O)c1ccccc1C(=O)N1CCc2cc(S(=O)(=O)N(CC)CC)ccc21. The van der Waals surface area contributed by atoms with Gasteiger partial charge in [-0.05, 0) is 48.7 Å². The van der Waals surface area contributed by atoms with Crippen LogP contribution >= 0.6 is 0 Å². The van der Waals surface area contributed by atoms with Crippen LogP contribution in [0.2, 0.25) is 0 Å². The second-order valence-corrected chi connectivity index (χ2v) is 11.4. The van der Waals surface area contributed by atoms with Gasteiger partial charge < -0.3 is 4.90 Å². The highest BCUT2D eigenvalue weighted by atomic mass is 32.2. The zero-order chi connectivity index (χ0) is 22.8. The minimum atomic E-state index is -3.59. The lowest BCUT2D eigenvalue weighted by Gasteiger charge is -2.21. The van der Waals surface area contributed by atoms with Crippen LogP contribution in [0.15, 0.2) is 52.3 Å². The van der Waals surface area contributed by atoms with Gasteiger partial charge in [-0.2, -0.15) is 4.31 Å². The van der Waals surface area contributed by atoms with Crippen molar-refractivity contribution in [3.8, 4) is 0 Å². The van der Waals surface area contributed by atoms with Crippen molar-refractivity contribution in [1.29, 1.82) is 0 Å². The Bertz CT molecular complexity index is 1190. The molecule has 168 valence electrons. The van der Waals surface area contributed by atoms with Crippen molar-refractivity contribution in [2.24, 2.45) is 0 Å². The highest BCUT2D eigenvalue weighted by Gasteiger charge is 2.31. The zero-order valence-corrected chi connectivity index (χ0v) is 19.7. The van der Waals surface area contributed by atoms with Gasteiger partial charge in [0.05, 0.1) is 21.1 Å². The zero-order valence-electron chi connectivity index (χ0n) is 18.0. The first-order valence-electron chi connectivity index (χ1n) is 10.4. The third-order valence-corrected chi connectivity index (χ3v) is 9.48. The molecule has 3 rings (SSSR count). The van der Waals surface area contributed by atoms with Crippen LogP contribution in [-0.4, -0.2) is 52.4 Å². The van der Waals surface area contributed by atoms with E-state index in [0.717, 1.165) is 5.56 Å². The number of sulfonamides is 1. The normalized spacial score (nSPS) is 14.1. The van der Waals surface area contributed by atoms with Gasteiger partial charge in [0, 0.05) is 25.3 Å². The van der Waals surface area contributed by atoms with Gasteiger partial charge in [-0.1, -0.05) is 32.9 Å². The van der Waals surface area contributed by atoms with Gasteiger partial charge in [-0.15, -0.1) is 0 Å². The van der Waals surface area contributed by atoms with Crippen LogP contribution in [0.3, 0.4) is 0 Å². The molecular formula is C22H28N2O5S2. The summed E-state index contributed by atoms with van der Waals surface area (Å²) in [6.45, 7) is 6.48. The molecule has 0 bridgehead atoms. The van der Waals surface area contributed by atoms with Gasteiger partial charge in [-0.25, -0.2) is 16.8 Å². The Labute approximate surface area is 184 Å². The van der Waals surface area contributed by atoms with Crippen molar-refractivity contribution in [1.82, 2.24) is 4.31 Å². The summed E-state index contributed by atoms with van der Waals surface area (Å²) in [5.74, 6) is -0.422. The first kappa shape index (κ1) is 23.4. The van der Waals surface area contributed by atoms with Crippen molar-refractivity contribution in [3.05, 3.63) is 53.6 Å². The number of nitrogens with zero attached hydrogens (tertiary/aromatic N) is 2. The Kier molecular flexibility index (Phi) is 6.88. The maximum Gasteiger partial charge on any atom is 0.259 e. The Balaban J connectivity index is 1.98. The van der Waals surface area contributed by atoms with E-state index in [0.29, 0.717) is 38.2 Å². The molecule has 0 aromatic heterocycles. The number of rotatable bonds is 8. The summed E-state index contributed by atoms with van der Waals surface area (Å²) < 4.78 is 52.3. The summed E-state index contributed by atoms with van der Waals surface area (Å²) >= 11 is 0. The molecule has 0 fully saturated rings. The first-order chi connectivity index (χ1) is 14.7. The Morgan fingerprint density at radius 3 is 2.32 bits per heavy atom. The predicted octanol–water partition coefficient (Wildman–Crippen LogP) is 3.10. The Hall–Kier alpha value is -2.23. The van der Waals surface area contributed by atoms with Crippen molar-refractivity contribution in [2.75, 3.05) is 30.3 Å². The van der Waals surface area contributed by atoms with Gasteiger partial charge >= 0.3 is 0 Å². The number of carbonyl (C=O) groups is 1. The van der Waals surface area contributed by atoms with Crippen LogP contribution in [0.4, 0.5) is 5.69 Å². The van der Waals surface area contributed by atoms with Crippen LogP contribution in [0.25, 0.3) is 0 Å². The van der Waals surface area contributed by atoms with Gasteiger partial charge in [0.2, 0.25) is 10.0 Å². The van der Waals surface area contributed by atoms with Crippen molar-refractivity contribution in [3.63, 3.8) is 0 Å². The molecule has 0 saturated carbocycles. The molecule has 0 radical (unpaired) electrons. The molecule has 0 atom stereocenters. The van der Waals surface area contributed by atoms with Crippen LogP contribution < -0.4 is 4.90 Å². The highest BCUT2D eigenvalue weighted by molar-refractivity contribution is 7.91. The second-order valence-electron chi connectivity index (χ2n) is 7.40. The molecule has 0 N–H and O–H groups in total. The van der Waals surface area contributed by atoms with E-state index in [1.807, 2.05) is 0 Å². The molecule has 31 heavy (non-hydrogen) atoms. The third kappa shape index (κ3) is 4.40. The number of sulfone groups is 1. The molecule has 9 heteroatoms. The molecule has 0 unspecified atom stereocenters. The van der Waals surface area contributed by atoms with Crippen molar-refractivity contribution in [2.45, 2.75) is 43.4 Å². The quantitative estimate of drug-likeness (QED) is 0.599. The molecule has 7 nitrogen and oxygen atoms in total. The number of carbonyl (C=O) groups excluding carboxylic acids is 1. The molecule has 0 saturated heterocycles. The minimum Gasteiger partial charge on any atom is -0.308 e. The molecule has 1 heterocycles. The fraction of sp³-hybridized carbons (Fsp3) is 0.409. The maximum absolute atomic E-state index is 13.3. The monoisotopic (exact) mass is 464 g/mol. The lowest BCUT2D eigenvalue weighted by atomic mass is 10.1. The van der Waals surface area contributed by atoms with E-state index in [1.165, 1.54) is 27.4 Å². The van der Waals surface area contributed by atoms with Crippen LogP contribution in [0.1, 0.15) is 43.1 Å². The number of amides is 1. The molecule has 1 amide bonds. The van der Waals surface area contributed by atoms with Gasteiger partial charge in [0.1, 0.15) is 0 Å². The summed E-state index contributed by atoms with van der Waals surface area (Å²) in [4.78, 5) is 15.1. The van der Waals surface area contributed by atoms with E-state index in [2.05, 4.69) is 0 Å². The van der Waals surface area contributed by atoms with Crippen LogP contribution in [0.5, 0.6) is 0 Å². The van der Waals surface area contributed by atoms with Gasteiger partial charge in [-0.3, -0.25) is 4.79 Å². The summed E-state index contributed by atoms with van der Waals surface area (Å²) in [5, 5.41) is 0. The van der Waals surface area contributed by atoms with Crippen LogP contribution in [-0.2, 0) is 26.3 Å². The number of fused-ring (bicyclic) bond motifs is 1. The summed E-state index contributed by atoms with van der Waals surface area (Å²) in [6.07, 6.45) is 0.966.